The average Bonchev–Trinajstić information content (AvgIpc) is 2.87. The fourth-order valence-corrected chi connectivity index (χ4v) is 4.07. The molecule has 10 heteroatoms. The highest BCUT2D eigenvalue weighted by molar-refractivity contribution is 4.67. The van der Waals surface area contributed by atoms with Crippen molar-refractivity contribution in [2.75, 3.05) is 145 Å². The summed E-state index contributed by atoms with van der Waals surface area (Å²) in [5, 5.41) is 0. The molecule has 4 saturated heterocycles. The molecule has 4 aliphatic rings. The summed E-state index contributed by atoms with van der Waals surface area (Å²) in [5.74, 6) is 0.420. The Morgan fingerprint density at radius 3 is 0.882 bits per heavy atom. The van der Waals surface area contributed by atoms with Gasteiger partial charge in [0.15, 0.2) is 0 Å². The number of hydrogen-bond donors (Lipinski definition) is 0. The van der Waals surface area contributed by atoms with Crippen LogP contribution in [0.4, 0.5) is 0 Å². The second kappa shape index (κ2) is 18.8. The Labute approximate surface area is 205 Å². The first-order valence-corrected chi connectivity index (χ1v) is 13.0. The molecule has 0 aromatic carbocycles. The summed E-state index contributed by atoms with van der Waals surface area (Å²) in [4.78, 5) is 4.87. The highest BCUT2D eigenvalue weighted by Gasteiger charge is 2.17. The fraction of sp³-hybridized carbons (Fsp3) is 1.00. The van der Waals surface area contributed by atoms with Crippen LogP contribution in [0, 0.1) is 11.8 Å². The Morgan fingerprint density at radius 1 is 0.294 bits per heavy atom. The van der Waals surface area contributed by atoms with Crippen molar-refractivity contribution in [3.63, 3.8) is 0 Å². The maximum Gasteiger partial charge on any atom is 0.0701 e. The van der Waals surface area contributed by atoms with Crippen LogP contribution in [0.2, 0.25) is 0 Å². The maximum absolute atomic E-state index is 6.03. The van der Waals surface area contributed by atoms with Gasteiger partial charge in [0, 0.05) is 51.1 Å². The molecule has 0 aliphatic carbocycles. The van der Waals surface area contributed by atoms with Gasteiger partial charge in [0.2, 0.25) is 0 Å². The van der Waals surface area contributed by atoms with E-state index in [9.17, 15) is 0 Å². The van der Waals surface area contributed by atoms with Crippen molar-refractivity contribution in [1.82, 2.24) is 9.80 Å². The topological polar surface area (TPSA) is 80.3 Å². The van der Waals surface area contributed by atoms with Crippen LogP contribution in [-0.4, -0.2) is 155 Å². The minimum Gasteiger partial charge on any atom is -0.380 e. The average molecular weight is 491 g/mol. The molecule has 0 amide bonds. The second-order valence-electron chi connectivity index (χ2n) is 9.09. The normalized spacial score (nSPS) is 33.9. The molecule has 0 saturated carbocycles. The molecule has 0 spiro atoms. The predicted octanol–water partition coefficient (Wildman–Crippen LogP) is -0.00360. The zero-order valence-corrected chi connectivity index (χ0v) is 20.9. The second-order valence-corrected chi connectivity index (χ2v) is 9.09. The summed E-state index contributed by atoms with van der Waals surface area (Å²) in [5.41, 5.74) is 0. The van der Waals surface area contributed by atoms with Crippen LogP contribution < -0.4 is 0 Å². The lowest BCUT2D eigenvalue weighted by Gasteiger charge is -2.27. The summed E-state index contributed by atoms with van der Waals surface area (Å²) in [6.07, 6.45) is 0. The lowest BCUT2D eigenvalue weighted by molar-refractivity contribution is -0.0326. The van der Waals surface area contributed by atoms with E-state index in [0.717, 1.165) is 39.3 Å². The molecule has 200 valence electrons. The zero-order valence-electron chi connectivity index (χ0n) is 20.9. The Hall–Kier alpha value is -0.400. The van der Waals surface area contributed by atoms with Gasteiger partial charge in [-0.2, -0.15) is 0 Å². The van der Waals surface area contributed by atoms with Gasteiger partial charge in [-0.25, -0.2) is 0 Å². The summed E-state index contributed by atoms with van der Waals surface area (Å²) < 4.78 is 47.0. The summed E-state index contributed by atoms with van der Waals surface area (Å²) in [7, 11) is 0. The number of fused-ring (bicyclic) bond motifs is 24. The molecule has 4 rings (SSSR count). The van der Waals surface area contributed by atoms with E-state index in [2.05, 4.69) is 9.80 Å². The fourth-order valence-electron chi connectivity index (χ4n) is 4.07. The first-order chi connectivity index (χ1) is 16.9. The molecule has 0 aromatic heterocycles. The van der Waals surface area contributed by atoms with Crippen LogP contribution in [0.1, 0.15) is 0 Å². The Kier molecular flexibility index (Phi) is 15.6. The Balaban J connectivity index is 1.61. The van der Waals surface area contributed by atoms with Gasteiger partial charge in [-0.3, -0.25) is 9.80 Å². The first-order valence-electron chi connectivity index (χ1n) is 13.0. The Bertz CT molecular complexity index is 424. The van der Waals surface area contributed by atoms with Gasteiger partial charge < -0.3 is 37.9 Å². The molecule has 4 bridgehead atoms. The lowest BCUT2D eigenvalue weighted by Crippen LogP contribution is -2.40. The Morgan fingerprint density at radius 2 is 0.559 bits per heavy atom. The highest BCUT2D eigenvalue weighted by Crippen LogP contribution is 2.06. The van der Waals surface area contributed by atoms with E-state index in [0.29, 0.717) is 106 Å². The third kappa shape index (κ3) is 13.1. The van der Waals surface area contributed by atoms with Crippen LogP contribution >= 0.6 is 0 Å². The molecule has 0 atom stereocenters. The monoisotopic (exact) mass is 490 g/mol. The van der Waals surface area contributed by atoms with Gasteiger partial charge in [0.05, 0.1) is 106 Å². The van der Waals surface area contributed by atoms with Crippen LogP contribution in [0.25, 0.3) is 0 Å². The minimum atomic E-state index is 0.210. The number of hydrogen-bond acceptors (Lipinski definition) is 10. The third-order valence-electron chi connectivity index (χ3n) is 6.18. The molecule has 4 aliphatic heterocycles. The van der Waals surface area contributed by atoms with E-state index in [1.165, 1.54) is 0 Å². The predicted molar refractivity (Wildman–Crippen MR) is 126 cm³/mol. The summed E-state index contributed by atoms with van der Waals surface area (Å²) >= 11 is 0. The number of ether oxygens (including phenoxy) is 8. The van der Waals surface area contributed by atoms with Crippen LogP contribution in [0.3, 0.4) is 0 Å². The number of rotatable bonds is 0. The van der Waals surface area contributed by atoms with Gasteiger partial charge in [-0.15, -0.1) is 0 Å². The van der Waals surface area contributed by atoms with E-state index in [1.807, 2.05) is 0 Å². The van der Waals surface area contributed by atoms with E-state index < -0.39 is 0 Å². The molecule has 10 nitrogen and oxygen atoms in total. The largest absolute Gasteiger partial charge is 0.380 e. The SMILES string of the molecule is C1COCCOCC2COCCN3CCOCC(COCCO1)COCCN(CCOC2)CC3. The maximum atomic E-state index is 6.03. The standard InChI is InChI=1S/C24H46N2O8/c1-2-26-5-9-31-19-23-17-29-7-3-25(1)4-8-30-18-24(20-32-10-6-26)22-34-16-14-28-12-11-27-13-15-33-21-23/h23-24H,1-22H2. The van der Waals surface area contributed by atoms with Crippen molar-refractivity contribution >= 4 is 0 Å². The summed E-state index contributed by atoms with van der Waals surface area (Å²) in [6, 6.07) is 0. The smallest absolute Gasteiger partial charge is 0.0701 e. The summed E-state index contributed by atoms with van der Waals surface area (Å²) in [6.45, 7) is 15.4. The van der Waals surface area contributed by atoms with Crippen molar-refractivity contribution in [3.05, 3.63) is 0 Å². The van der Waals surface area contributed by atoms with Crippen molar-refractivity contribution in [1.29, 1.82) is 0 Å². The van der Waals surface area contributed by atoms with E-state index in [-0.39, 0.29) is 11.8 Å². The van der Waals surface area contributed by atoms with E-state index >= 15 is 0 Å². The van der Waals surface area contributed by atoms with Gasteiger partial charge in [-0.05, 0) is 0 Å². The van der Waals surface area contributed by atoms with Crippen molar-refractivity contribution < 1.29 is 37.9 Å². The molecule has 4 heterocycles. The third-order valence-corrected chi connectivity index (χ3v) is 6.18. The van der Waals surface area contributed by atoms with Crippen molar-refractivity contribution in [3.8, 4) is 0 Å². The van der Waals surface area contributed by atoms with E-state index in [4.69, 9.17) is 37.9 Å². The minimum absolute atomic E-state index is 0.210. The van der Waals surface area contributed by atoms with E-state index in [1.54, 1.807) is 0 Å². The number of nitrogens with zero attached hydrogens (tertiary/aromatic N) is 2. The molecular weight excluding hydrogens is 444 g/mol. The van der Waals surface area contributed by atoms with Crippen molar-refractivity contribution in [2.24, 2.45) is 11.8 Å². The molecular formula is C24H46N2O8. The lowest BCUT2D eigenvalue weighted by atomic mass is 10.2. The van der Waals surface area contributed by atoms with Crippen molar-refractivity contribution in [2.45, 2.75) is 0 Å². The molecule has 34 heavy (non-hydrogen) atoms. The van der Waals surface area contributed by atoms with Gasteiger partial charge in [0.25, 0.3) is 0 Å². The van der Waals surface area contributed by atoms with Crippen LogP contribution in [0.15, 0.2) is 0 Å². The van der Waals surface area contributed by atoms with Gasteiger partial charge >= 0.3 is 0 Å². The first kappa shape index (κ1) is 28.2. The highest BCUT2D eigenvalue weighted by atomic mass is 16.6. The quantitative estimate of drug-likeness (QED) is 0.433. The molecule has 0 aromatic rings. The van der Waals surface area contributed by atoms with Gasteiger partial charge in [0.1, 0.15) is 0 Å². The van der Waals surface area contributed by atoms with Crippen LogP contribution in [0.5, 0.6) is 0 Å². The molecule has 4 fully saturated rings. The van der Waals surface area contributed by atoms with Gasteiger partial charge in [-0.1, -0.05) is 0 Å². The molecule has 0 radical (unpaired) electrons. The van der Waals surface area contributed by atoms with Crippen LogP contribution in [-0.2, 0) is 37.9 Å². The zero-order chi connectivity index (χ0) is 23.5. The molecule has 0 unspecified atom stereocenters. The molecule has 0 N–H and O–H groups in total.